The minimum Gasteiger partial charge on any atom is -0.265 e. The van der Waals surface area contributed by atoms with E-state index in [0.717, 1.165) is 22.6 Å². The molecule has 0 N–H and O–H groups in total. The molecule has 7 nitrogen and oxygen atoms in total. The topological polar surface area (TPSA) is 86.2 Å². The van der Waals surface area contributed by atoms with Crippen LogP contribution >= 0.6 is 0 Å². The molecule has 0 radical (unpaired) electrons. The van der Waals surface area contributed by atoms with E-state index in [1.165, 1.54) is 6.07 Å². The highest BCUT2D eigenvalue weighted by molar-refractivity contribution is 5.69. The van der Waals surface area contributed by atoms with Gasteiger partial charge in [0.25, 0.3) is 5.69 Å². The molecule has 0 aliphatic carbocycles. The number of nitro groups is 1. The van der Waals surface area contributed by atoms with E-state index in [9.17, 15) is 10.1 Å². The maximum absolute atomic E-state index is 11.1. The summed E-state index contributed by atoms with van der Waals surface area (Å²) in [6.07, 6.45) is 3.42. The van der Waals surface area contributed by atoms with Crippen LogP contribution in [-0.4, -0.2) is 24.5 Å². The molecule has 3 aromatic heterocycles. The summed E-state index contributed by atoms with van der Waals surface area (Å²) in [6, 6.07) is 14.0. The first-order valence-electron chi connectivity index (χ1n) is 7.64. The summed E-state index contributed by atoms with van der Waals surface area (Å²) < 4.78 is 1.71. The Labute approximate surface area is 142 Å². The Morgan fingerprint density at radius 3 is 2.60 bits per heavy atom. The number of nitro benzene ring substituents is 1. The second-order valence-corrected chi connectivity index (χ2v) is 5.63. The van der Waals surface area contributed by atoms with Crippen LogP contribution in [0.25, 0.3) is 28.2 Å². The molecule has 0 unspecified atom stereocenters. The van der Waals surface area contributed by atoms with Crippen molar-refractivity contribution in [1.82, 2.24) is 19.6 Å². The smallest absolute Gasteiger partial charge is 0.265 e. The molecule has 25 heavy (non-hydrogen) atoms. The first kappa shape index (κ1) is 14.9. The number of non-ortho nitro benzene ring substituents is 1. The minimum atomic E-state index is -0.403. The van der Waals surface area contributed by atoms with Gasteiger partial charge in [0, 0.05) is 47.4 Å². The number of benzene rings is 1. The lowest BCUT2D eigenvalue weighted by molar-refractivity contribution is -0.384. The lowest BCUT2D eigenvalue weighted by atomic mass is 10.1. The second kappa shape index (κ2) is 5.79. The number of pyridine rings is 1. The SMILES string of the molecule is Cc1cc(-c2cccc([N+](=O)[O-])c2)n2nc(-c3ccncc3)cc2n1. The van der Waals surface area contributed by atoms with E-state index in [0.29, 0.717) is 11.2 Å². The molecule has 4 rings (SSSR count). The molecule has 0 amide bonds. The molecule has 0 spiro atoms. The van der Waals surface area contributed by atoms with E-state index in [1.54, 1.807) is 29.0 Å². The number of fused-ring (bicyclic) bond motifs is 1. The maximum atomic E-state index is 11.1. The highest BCUT2D eigenvalue weighted by Crippen LogP contribution is 2.27. The average molecular weight is 331 g/mol. The van der Waals surface area contributed by atoms with Crippen molar-refractivity contribution >= 4 is 11.3 Å². The largest absolute Gasteiger partial charge is 0.270 e. The Hall–Kier alpha value is -3.61. The lowest BCUT2D eigenvalue weighted by Gasteiger charge is -2.06. The molecule has 1 aromatic carbocycles. The van der Waals surface area contributed by atoms with Crippen molar-refractivity contribution in [3.05, 3.63) is 76.7 Å². The van der Waals surface area contributed by atoms with Crippen molar-refractivity contribution in [2.24, 2.45) is 0 Å². The van der Waals surface area contributed by atoms with E-state index in [1.807, 2.05) is 37.3 Å². The predicted octanol–water partition coefficient (Wildman–Crippen LogP) is 3.67. The quantitative estimate of drug-likeness (QED) is 0.422. The summed E-state index contributed by atoms with van der Waals surface area (Å²) >= 11 is 0. The summed E-state index contributed by atoms with van der Waals surface area (Å²) in [5, 5.41) is 15.7. The Kier molecular flexibility index (Phi) is 3.46. The number of hydrogen-bond donors (Lipinski definition) is 0. The normalized spacial score (nSPS) is 10.9. The van der Waals surface area contributed by atoms with E-state index in [2.05, 4.69) is 15.1 Å². The van der Waals surface area contributed by atoms with Crippen molar-refractivity contribution in [3.8, 4) is 22.5 Å². The highest BCUT2D eigenvalue weighted by atomic mass is 16.6. The number of aryl methyl sites for hydroxylation is 1. The van der Waals surface area contributed by atoms with E-state index in [-0.39, 0.29) is 5.69 Å². The van der Waals surface area contributed by atoms with Gasteiger partial charge in [-0.25, -0.2) is 9.50 Å². The van der Waals surface area contributed by atoms with Gasteiger partial charge in [0.15, 0.2) is 5.65 Å². The van der Waals surface area contributed by atoms with Crippen LogP contribution in [0.4, 0.5) is 5.69 Å². The third kappa shape index (κ3) is 2.72. The first-order valence-corrected chi connectivity index (χ1v) is 7.64. The van der Waals surface area contributed by atoms with Gasteiger partial charge in [0.2, 0.25) is 0 Å². The van der Waals surface area contributed by atoms with Crippen LogP contribution < -0.4 is 0 Å². The molecule has 0 bridgehead atoms. The molecule has 0 fully saturated rings. The molecule has 7 heteroatoms. The molecule has 3 heterocycles. The van der Waals surface area contributed by atoms with Crippen LogP contribution in [0, 0.1) is 17.0 Å². The summed E-state index contributed by atoms with van der Waals surface area (Å²) in [5.41, 5.74) is 4.72. The van der Waals surface area contributed by atoms with Crippen LogP contribution in [-0.2, 0) is 0 Å². The van der Waals surface area contributed by atoms with Crippen LogP contribution in [0.1, 0.15) is 5.69 Å². The van der Waals surface area contributed by atoms with Gasteiger partial charge in [-0.05, 0) is 25.1 Å². The van der Waals surface area contributed by atoms with Gasteiger partial charge in [-0.15, -0.1) is 0 Å². The third-order valence-electron chi connectivity index (χ3n) is 3.88. The van der Waals surface area contributed by atoms with Gasteiger partial charge in [0.05, 0.1) is 16.3 Å². The molecule has 0 saturated heterocycles. The zero-order valence-electron chi connectivity index (χ0n) is 13.3. The molecule has 0 saturated carbocycles. The Morgan fingerprint density at radius 2 is 1.84 bits per heavy atom. The Bertz CT molecular complexity index is 1090. The predicted molar refractivity (Wildman–Crippen MR) is 93.0 cm³/mol. The Morgan fingerprint density at radius 1 is 1.04 bits per heavy atom. The molecular weight excluding hydrogens is 318 g/mol. The van der Waals surface area contributed by atoms with Crippen LogP contribution in [0.15, 0.2) is 60.9 Å². The second-order valence-electron chi connectivity index (χ2n) is 5.63. The van der Waals surface area contributed by atoms with Crippen LogP contribution in [0.5, 0.6) is 0 Å². The number of nitrogens with zero attached hydrogens (tertiary/aromatic N) is 5. The van der Waals surface area contributed by atoms with Crippen molar-refractivity contribution in [1.29, 1.82) is 0 Å². The van der Waals surface area contributed by atoms with Crippen LogP contribution in [0.2, 0.25) is 0 Å². The molecule has 0 atom stereocenters. The fraction of sp³-hybridized carbons (Fsp3) is 0.0556. The van der Waals surface area contributed by atoms with Crippen molar-refractivity contribution in [2.75, 3.05) is 0 Å². The van der Waals surface area contributed by atoms with Gasteiger partial charge in [-0.2, -0.15) is 5.10 Å². The zero-order valence-corrected chi connectivity index (χ0v) is 13.3. The molecule has 0 aliphatic heterocycles. The van der Waals surface area contributed by atoms with Gasteiger partial charge >= 0.3 is 0 Å². The van der Waals surface area contributed by atoms with Gasteiger partial charge in [0.1, 0.15) is 0 Å². The third-order valence-corrected chi connectivity index (χ3v) is 3.88. The van der Waals surface area contributed by atoms with E-state index < -0.39 is 4.92 Å². The molecule has 122 valence electrons. The molecule has 4 aromatic rings. The molecule has 0 aliphatic rings. The lowest BCUT2D eigenvalue weighted by Crippen LogP contribution is -1.98. The monoisotopic (exact) mass is 331 g/mol. The maximum Gasteiger partial charge on any atom is 0.270 e. The summed E-state index contributed by atoms with van der Waals surface area (Å²) in [4.78, 5) is 19.2. The Balaban J connectivity index is 1.93. The van der Waals surface area contributed by atoms with E-state index >= 15 is 0 Å². The fourth-order valence-electron chi connectivity index (χ4n) is 2.75. The number of hydrogen-bond acceptors (Lipinski definition) is 5. The van der Waals surface area contributed by atoms with E-state index in [4.69, 9.17) is 0 Å². The van der Waals surface area contributed by atoms with Gasteiger partial charge in [-0.3, -0.25) is 15.1 Å². The highest BCUT2D eigenvalue weighted by Gasteiger charge is 2.13. The number of rotatable bonds is 3. The summed E-state index contributed by atoms with van der Waals surface area (Å²) in [7, 11) is 0. The average Bonchev–Trinajstić information content (AvgIpc) is 3.05. The minimum absolute atomic E-state index is 0.0432. The van der Waals surface area contributed by atoms with Gasteiger partial charge in [-0.1, -0.05) is 12.1 Å². The van der Waals surface area contributed by atoms with Crippen molar-refractivity contribution in [2.45, 2.75) is 6.92 Å². The van der Waals surface area contributed by atoms with Crippen molar-refractivity contribution in [3.63, 3.8) is 0 Å². The molecular formula is C18H13N5O2. The van der Waals surface area contributed by atoms with Gasteiger partial charge < -0.3 is 0 Å². The first-order chi connectivity index (χ1) is 12.1. The summed E-state index contributed by atoms with van der Waals surface area (Å²) in [6.45, 7) is 1.89. The standard InChI is InChI=1S/C18H13N5O2/c1-12-9-17(14-3-2-4-15(10-14)23(24)25)22-18(20-12)11-16(21-22)13-5-7-19-8-6-13/h2-11H,1H3. The summed E-state index contributed by atoms with van der Waals surface area (Å²) in [5.74, 6) is 0. The number of aromatic nitrogens is 4. The fourth-order valence-corrected chi connectivity index (χ4v) is 2.75. The van der Waals surface area contributed by atoms with Crippen LogP contribution in [0.3, 0.4) is 0 Å². The van der Waals surface area contributed by atoms with Crippen molar-refractivity contribution < 1.29 is 4.92 Å². The zero-order chi connectivity index (χ0) is 17.4.